The van der Waals surface area contributed by atoms with Crippen molar-refractivity contribution in [3.63, 3.8) is 0 Å². The van der Waals surface area contributed by atoms with E-state index in [1.807, 2.05) is 19.1 Å². The molecule has 6 rings (SSSR count). The quantitative estimate of drug-likeness (QED) is 0.138. The summed E-state index contributed by atoms with van der Waals surface area (Å²) < 4.78 is 14.0. The standard InChI is InChI=1S/C41H49NO5Si/c1-6-22-42-39(44)34-25-30(26-47-48(41(3,4)5,32-16-9-7-10-17-32)33-18-11-8-12-19-33)37-35(38(34)40(42)45)27-46-36(37)21-20-28(2)23-29-14-13-15-31(43)24-29/h7-19,23-24,34-36,38,43H,6,20-22,25-27H2,1-5H3/b28-23+/t34-,35+,36-,38-/m1/s1. The van der Waals surface area contributed by atoms with Gasteiger partial charge in [-0.25, -0.2) is 0 Å². The Balaban J connectivity index is 1.37. The van der Waals surface area contributed by atoms with Crippen molar-refractivity contribution in [3.05, 3.63) is 107 Å². The number of rotatable bonds is 11. The predicted octanol–water partition coefficient (Wildman–Crippen LogP) is 6.88. The molecule has 1 aliphatic carbocycles. The third-order valence-electron chi connectivity index (χ3n) is 10.5. The molecule has 0 unspecified atom stereocenters. The number of phenolic OH excluding ortho intramolecular Hbond substituents is 1. The Bertz CT molecular complexity index is 1650. The van der Waals surface area contributed by atoms with Crippen molar-refractivity contribution < 1.29 is 23.9 Å². The second-order valence-electron chi connectivity index (χ2n) is 14.7. The minimum atomic E-state index is -2.84. The number of benzene rings is 3. The SMILES string of the molecule is CCCN1C(=O)[C@@H]2[C@@H](CC(CO[Si](c3ccccc3)(c3ccccc3)C(C)(C)C)=C3[C@@H](CC/C(C)=C/c4cccc(O)c4)OC[C@@H]32)C1=O. The van der Waals surface area contributed by atoms with Gasteiger partial charge in [-0.1, -0.05) is 112 Å². The highest BCUT2D eigenvalue weighted by Gasteiger charge is 2.57. The Hall–Kier alpha value is -3.78. The van der Waals surface area contributed by atoms with Crippen LogP contribution in [0.25, 0.3) is 6.08 Å². The highest BCUT2D eigenvalue weighted by Crippen LogP contribution is 2.50. The van der Waals surface area contributed by atoms with Crippen LogP contribution < -0.4 is 10.4 Å². The van der Waals surface area contributed by atoms with Gasteiger partial charge < -0.3 is 14.3 Å². The van der Waals surface area contributed by atoms with Crippen LogP contribution >= 0.6 is 0 Å². The summed E-state index contributed by atoms with van der Waals surface area (Å²) in [6.07, 6.45) is 4.81. The van der Waals surface area contributed by atoms with Crippen LogP contribution in [-0.4, -0.2) is 56.0 Å². The van der Waals surface area contributed by atoms with Gasteiger partial charge in [0.15, 0.2) is 0 Å². The number of carbonyl (C=O) groups excluding carboxylic acids is 2. The van der Waals surface area contributed by atoms with Gasteiger partial charge in [-0.15, -0.1) is 0 Å². The first-order valence-electron chi connectivity index (χ1n) is 17.4. The zero-order valence-corrected chi connectivity index (χ0v) is 29.9. The summed E-state index contributed by atoms with van der Waals surface area (Å²) in [5.41, 5.74) is 4.46. The number of carbonyl (C=O) groups is 2. The van der Waals surface area contributed by atoms with E-state index in [2.05, 4.69) is 94.4 Å². The van der Waals surface area contributed by atoms with Crippen molar-refractivity contribution in [2.24, 2.45) is 17.8 Å². The van der Waals surface area contributed by atoms with Crippen LogP contribution in [0.15, 0.2) is 102 Å². The lowest BCUT2D eigenvalue weighted by molar-refractivity contribution is -0.140. The maximum Gasteiger partial charge on any atom is 0.261 e. The van der Waals surface area contributed by atoms with Gasteiger partial charge in [-0.3, -0.25) is 14.5 Å². The number of fused-ring (bicyclic) bond motifs is 3. The molecule has 2 aliphatic heterocycles. The summed E-state index contributed by atoms with van der Waals surface area (Å²) >= 11 is 0. The molecule has 0 radical (unpaired) electrons. The summed E-state index contributed by atoms with van der Waals surface area (Å²) in [6, 6.07) is 28.6. The lowest BCUT2D eigenvalue weighted by atomic mass is 9.69. The molecule has 3 aliphatic rings. The van der Waals surface area contributed by atoms with Crippen LogP contribution in [0.1, 0.15) is 65.9 Å². The highest BCUT2D eigenvalue weighted by molar-refractivity contribution is 6.99. The largest absolute Gasteiger partial charge is 0.508 e. The number of imide groups is 1. The first-order chi connectivity index (χ1) is 23.0. The molecule has 0 spiro atoms. The zero-order chi connectivity index (χ0) is 34.1. The molecular weight excluding hydrogens is 615 g/mol. The van der Waals surface area contributed by atoms with E-state index in [4.69, 9.17) is 9.16 Å². The molecule has 3 aromatic carbocycles. The molecule has 6 nitrogen and oxygen atoms in total. The number of allylic oxidation sites excluding steroid dienone is 1. The third-order valence-corrected chi connectivity index (χ3v) is 15.5. The lowest BCUT2D eigenvalue weighted by Gasteiger charge is -2.44. The Labute approximate surface area is 286 Å². The van der Waals surface area contributed by atoms with Gasteiger partial charge in [0.2, 0.25) is 11.8 Å². The van der Waals surface area contributed by atoms with Gasteiger partial charge >= 0.3 is 0 Å². The number of hydrogen-bond acceptors (Lipinski definition) is 5. The number of nitrogens with zero attached hydrogens (tertiary/aromatic N) is 1. The minimum absolute atomic E-state index is 0.0366. The van der Waals surface area contributed by atoms with E-state index in [9.17, 15) is 14.7 Å². The van der Waals surface area contributed by atoms with Crippen LogP contribution in [0.4, 0.5) is 0 Å². The molecule has 1 N–H and O–H groups in total. The Morgan fingerprint density at radius 2 is 1.62 bits per heavy atom. The molecule has 0 saturated carbocycles. The molecule has 48 heavy (non-hydrogen) atoms. The fourth-order valence-corrected chi connectivity index (χ4v) is 12.9. The van der Waals surface area contributed by atoms with Gasteiger partial charge in [-0.2, -0.15) is 0 Å². The molecule has 2 amide bonds. The Kier molecular flexibility index (Phi) is 9.93. The summed E-state index contributed by atoms with van der Waals surface area (Å²) in [5, 5.41) is 12.2. The normalized spacial score (nSPS) is 23.1. The Morgan fingerprint density at radius 3 is 2.23 bits per heavy atom. The summed E-state index contributed by atoms with van der Waals surface area (Å²) in [6.45, 7) is 12.3. The summed E-state index contributed by atoms with van der Waals surface area (Å²) in [4.78, 5) is 29.0. The van der Waals surface area contributed by atoms with Crippen molar-refractivity contribution in [1.29, 1.82) is 0 Å². The summed E-state index contributed by atoms with van der Waals surface area (Å²) in [5.74, 6) is -0.693. The van der Waals surface area contributed by atoms with Crippen molar-refractivity contribution in [1.82, 2.24) is 4.90 Å². The van der Waals surface area contributed by atoms with E-state index in [1.165, 1.54) is 26.4 Å². The maximum atomic E-state index is 13.8. The predicted molar refractivity (Wildman–Crippen MR) is 193 cm³/mol. The molecule has 0 aromatic heterocycles. The first kappa shape index (κ1) is 34.1. The Morgan fingerprint density at radius 1 is 0.958 bits per heavy atom. The van der Waals surface area contributed by atoms with Gasteiger partial charge in [0.25, 0.3) is 8.32 Å². The van der Waals surface area contributed by atoms with E-state index in [-0.39, 0.29) is 46.5 Å². The van der Waals surface area contributed by atoms with E-state index in [0.29, 0.717) is 26.2 Å². The van der Waals surface area contributed by atoms with Crippen LogP contribution in [0.2, 0.25) is 5.04 Å². The molecule has 2 heterocycles. The number of likely N-dealkylation sites (tertiary alicyclic amines) is 1. The maximum absolute atomic E-state index is 13.8. The monoisotopic (exact) mass is 663 g/mol. The molecule has 2 saturated heterocycles. The molecular formula is C41H49NO5Si. The lowest BCUT2D eigenvalue weighted by Crippen LogP contribution is -2.66. The van der Waals surface area contributed by atoms with Gasteiger partial charge in [-0.05, 0) is 76.9 Å². The second kappa shape index (κ2) is 14.0. The van der Waals surface area contributed by atoms with Crippen molar-refractivity contribution in [3.8, 4) is 5.75 Å². The fraction of sp³-hybridized carbons (Fsp3) is 0.415. The highest BCUT2D eigenvalue weighted by atomic mass is 28.4. The number of hydrogen-bond donors (Lipinski definition) is 1. The topological polar surface area (TPSA) is 76.1 Å². The smallest absolute Gasteiger partial charge is 0.261 e. The number of ether oxygens (including phenoxy) is 1. The number of amides is 2. The van der Waals surface area contributed by atoms with E-state index in [0.717, 1.165) is 30.4 Å². The van der Waals surface area contributed by atoms with E-state index in [1.54, 1.807) is 12.1 Å². The van der Waals surface area contributed by atoms with Gasteiger partial charge in [0, 0.05) is 12.5 Å². The molecule has 4 atom stereocenters. The van der Waals surface area contributed by atoms with Crippen LogP contribution in [0.3, 0.4) is 0 Å². The molecule has 0 bridgehead atoms. The molecule has 2 fully saturated rings. The molecule has 7 heteroatoms. The third kappa shape index (κ3) is 6.36. The van der Waals surface area contributed by atoms with Crippen molar-refractivity contribution >= 4 is 36.6 Å². The fourth-order valence-electron chi connectivity index (χ4n) is 8.40. The number of aromatic hydroxyl groups is 1. The minimum Gasteiger partial charge on any atom is -0.508 e. The van der Waals surface area contributed by atoms with E-state index < -0.39 is 8.32 Å². The molecule has 3 aromatic rings. The number of phenols is 1. The zero-order valence-electron chi connectivity index (χ0n) is 28.9. The van der Waals surface area contributed by atoms with Crippen LogP contribution in [0.5, 0.6) is 5.75 Å². The van der Waals surface area contributed by atoms with Crippen molar-refractivity contribution in [2.45, 2.75) is 71.4 Å². The first-order valence-corrected chi connectivity index (χ1v) is 19.4. The average Bonchev–Trinajstić information content (AvgIpc) is 3.59. The van der Waals surface area contributed by atoms with E-state index >= 15 is 0 Å². The summed E-state index contributed by atoms with van der Waals surface area (Å²) in [7, 11) is -2.84. The van der Waals surface area contributed by atoms with Gasteiger partial charge in [0.1, 0.15) is 5.75 Å². The second-order valence-corrected chi connectivity index (χ2v) is 19.0. The van der Waals surface area contributed by atoms with Crippen LogP contribution in [-0.2, 0) is 18.8 Å². The van der Waals surface area contributed by atoms with Crippen molar-refractivity contribution in [2.75, 3.05) is 19.8 Å². The molecule has 252 valence electrons. The van der Waals surface area contributed by atoms with Crippen LogP contribution in [0, 0.1) is 17.8 Å². The van der Waals surface area contributed by atoms with Gasteiger partial charge in [0.05, 0.1) is 31.2 Å². The average molecular weight is 664 g/mol.